The Morgan fingerprint density at radius 1 is 0.889 bits per heavy atom. The maximum absolute atomic E-state index is 13.8. The average molecular weight is 517 g/mol. The van der Waals surface area contributed by atoms with E-state index in [1.165, 1.54) is 34.4 Å². The fraction of sp³-hybridized carbons (Fsp3) is 0.500. The third-order valence-corrected chi connectivity index (χ3v) is 7.76. The molecule has 0 atom stereocenters. The van der Waals surface area contributed by atoms with E-state index < -0.39 is 23.0 Å². The minimum atomic E-state index is -0.710. The highest BCUT2D eigenvalue weighted by Gasteiger charge is 2.36. The Kier molecular flexibility index (Phi) is 7.03. The number of aromatic nitrogens is 1. The van der Waals surface area contributed by atoms with Crippen molar-refractivity contribution in [2.75, 3.05) is 39.3 Å². The van der Waals surface area contributed by atoms with Gasteiger partial charge >= 0.3 is 0 Å². The fourth-order valence-electron chi connectivity index (χ4n) is 5.51. The van der Waals surface area contributed by atoms with Gasteiger partial charge in [-0.25, -0.2) is 4.39 Å². The maximum Gasteiger partial charge on any atom is 0.294 e. The van der Waals surface area contributed by atoms with Crippen LogP contribution in [0, 0.1) is 5.82 Å². The second-order valence-electron chi connectivity index (χ2n) is 9.78. The number of hydrogen-bond acceptors (Lipinski definition) is 5. The molecule has 2 aromatic rings. The van der Waals surface area contributed by atoms with E-state index >= 15 is 0 Å². The van der Waals surface area contributed by atoms with Gasteiger partial charge in [-0.2, -0.15) is 0 Å². The number of carbonyl (C=O) groups excluding carboxylic acids is 2. The summed E-state index contributed by atoms with van der Waals surface area (Å²) in [6.07, 6.45) is 4.13. The molecule has 0 spiro atoms. The third kappa shape index (κ3) is 4.62. The summed E-state index contributed by atoms with van der Waals surface area (Å²) in [6, 6.07) is 4.24. The van der Waals surface area contributed by atoms with Gasteiger partial charge in [-0.1, -0.05) is 17.7 Å². The number of benzene rings is 1. The molecule has 1 N–H and O–H groups in total. The van der Waals surface area contributed by atoms with Gasteiger partial charge in [0.15, 0.2) is 5.75 Å². The molecule has 0 unspecified atom stereocenters. The zero-order chi connectivity index (χ0) is 25.4. The minimum absolute atomic E-state index is 0.0422. The van der Waals surface area contributed by atoms with Gasteiger partial charge in [0, 0.05) is 44.8 Å². The molecular formula is C26H30ClFN4O4. The largest absolute Gasteiger partial charge is 0.502 e. The molecule has 192 valence electrons. The molecule has 1 aromatic carbocycles. The highest BCUT2D eigenvalue weighted by molar-refractivity contribution is 6.30. The van der Waals surface area contributed by atoms with Gasteiger partial charge in [0.25, 0.3) is 17.4 Å². The number of fused-ring (bicyclic) bond motifs is 3. The van der Waals surface area contributed by atoms with E-state index in [0.29, 0.717) is 50.1 Å². The van der Waals surface area contributed by atoms with Gasteiger partial charge in [0.05, 0.1) is 10.6 Å². The molecule has 0 saturated carbocycles. The van der Waals surface area contributed by atoms with Crippen LogP contribution in [0.5, 0.6) is 5.75 Å². The number of halogens is 2. The molecule has 36 heavy (non-hydrogen) atoms. The number of aromatic hydroxyl groups is 1. The topological polar surface area (TPSA) is 86.1 Å². The van der Waals surface area contributed by atoms with E-state index in [0.717, 1.165) is 26.1 Å². The van der Waals surface area contributed by atoms with Crippen molar-refractivity contribution < 1.29 is 19.1 Å². The second kappa shape index (κ2) is 10.2. The quantitative estimate of drug-likeness (QED) is 0.660. The first kappa shape index (κ1) is 24.8. The number of nitrogens with zero attached hydrogens (tertiary/aromatic N) is 4. The van der Waals surface area contributed by atoms with Gasteiger partial charge in [-0.15, -0.1) is 0 Å². The van der Waals surface area contributed by atoms with Gasteiger partial charge in [-0.3, -0.25) is 14.4 Å². The van der Waals surface area contributed by atoms with Crippen molar-refractivity contribution in [3.63, 3.8) is 0 Å². The van der Waals surface area contributed by atoms with Crippen molar-refractivity contribution in [1.29, 1.82) is 0 Å². The lowest BCUT2D eigenvalue weighted by molar-refractivity contribution is 0.0699. The lowest BCUT2D eigenvalue weighted by atomic mass is 9.94. The number of rotatable bonds is 5. The van der Waals surface area contributed by atoms with E-state index in [4.69, 9.17) is 11.6 Å². The lowest BCUT2D eigenvalue weighted by Gasteiger charge is -2.34. The Labute approximate surface area is 213 Å². The van der Waals surface area contributed by atoms with E-state index in [1.807, 2.05) is 0 Å². The van der Waals surface area contributed by atoms with Crippen LogP contribution >= 0.6 is 11.6 Å². The summed E-state index contributed by atoms with van der Waals surface area (Å²) in [4.78, 5) is 46.0. The second-order valence-corrected chi connectivity index (χ2v) is 10.2. The molecule has 0 radical (unpaired) electrons. The molecule has 2 amide bonds. The van der Waals surface area contributed by atoms with E-state index in [9.17, 15) is 23.9 Å². The Bertz CT molecular complexity index is 1260. The Hall–Kier alpha value is -2.91. The molecule has 8 nitrogen and oxygen atoms in total. The van der Waals surface area contributed by atoms with Crippen LogP contribution in [0.25, 0.3) is 0 Å². The minimum Gasteiger partial charge on any atom is -0.502 e. The predicted molar refractivity (Wildman–Crippen MR) is 133 cm³/mol. The number of amides is 2. The molecule has 3 aliphatic heterocycles. The number of hydrogen-bond donors (Lipinski definition) is 1. The zero-order valence-corrected chi connectivity index (χ0v) is 20.9. The Morgan fingerprint density at radius 3 is 2.36 bits per heavy atom. The van der Waals surface area contributed by atoms with Crippen LogP contribution in [0.1, 0.15) is 57.7 Å². The van der Waals surface area contributed by atoms with Gasteiger partial charge in [0.1, 0.15) is 11.5 Å². The third-order valence-electron chi connectivity index (χ3n) is 7.47. The van der Waals surface area contributed by atoms with Crippen molar-refractivity contribution in [3.8, 4) is 5.75 Å². The highest BCUT2D eigenvalue weighted by atomic mass is 35.5. The number of pyridine rings is 1. The smallest absolute Gasteiger partial charge is 0.294 e. The predicted octanol–water partition coefficient (Wildman–Crippen LogP) is 2.88. The van der Waals surface area contributed by atoms with Gasteiger partial charge in [-0.05, 0) is 62.9 Å². The van der Waals surface area contributed by atoms with Crippen molar-refractivity contribution in [1.82, 2.24) is 19.3 Å². The summed E-state index contributed by atoms with van der Waals surface area (Å²) < 4.78 is 14.9. The Morgan fingerprint density at radius 2 is 1.61 bits per heavy atom. The number of likely N-dealkylation sites (tertiary alicyclic amines) is 1. The maximum atomic E-state index is 13.8. The van der Waals surface area contributed by atoms with Crippen LogP contribution in [-0.2, 0) is 19.5 Å². The van der Waals surface area contributed by atoms with E-state index in [2.05, 4.69) is 4.90 Å². The molecule has 5 rings (SSSR count). The molecule has 0 aliphatic carbocycles. The summed E-state index contributed by atoms with van der Waals surface area (Å²) in [6.45, 7) is 4.78. The standard InChI is InChI=1S/C26H30ClFN4O4/c27-19-15-17(5-6-20(19)28)16-31-12-7-18-21(24(31)34)23(33)26(36)32-11-4-3-10-30(25(35)22(18)32)14-13-29-8-1-2-9-29/h5-6,15,33H,1-4,7-14,16H2. The van der Waals surface area contributed by atoms with Crippen molar-refractivity contribution in [3.05, 3.63) is 61.8 Å². The van der Waals surface area contributed by atoms with Crippen LogP contribution in [0.15, 0.2) is 23.0 Å². The van der Waals surface area contributed by atoms with Crippen LogP contribution in [0.3, 0.4) is 0 Å². The molecule has 1 aromatic heterocycles. The van der Waals surface area contributed by atoms with Gasteiger partial charge in [0.2, 0.25) is 0 Å². The molecule has 10 heteroatoms. The molecule has 3 aliphatic rings. The fourth-order valence-corrected chi connectivity index (χ4v) is 5.72. The van der Waals surface area contributed by atoms with Crippen LogP contribution in [0.4, 0.5) is 4.39 Å². The van der Waals surface area contributed by atoms with Crippen molar-refractivity contribution >= 4 is 23.4 Å². The summed E-state index contributed by atoms with van der Waals surface area (Å²) in [7, 11) is 0. The Balaban J connectivity index is 1.47. The molecular weight excluding hydrogens is 487 g/mol. The van der Waals surface area contributed by atoms with Crippen LogP contribution < -0.4 is 5.56 Å². The first-order valence-electron chi connectivity index (χ1n) is 12.6. The molecule has 4 heterocycles. The highest BCUT2D eigenvalue weighted by Crippen LogP contribution is 2.30. The first-order valence-corrected chi connectivity index (χ1v) is 13.0. The lowest BCUT2D eigenvalue weighted by Crippen LogP contribution is -2.46. The zero-order valence-electron chi connectivity index (χ0n) is 20.1. The van der Waals surface area contributed by atoms with E-state index in [1.54, 1.807) is 11.0 Å². The van der Waals surface area contributed by atoms with Crippen LogP contribution in [0.2, 0.25) is 5.02 Å². The average Bonchev–Trinajstić information content (AvgIpc) is 3.37. The summed E-state index contributed by atoms with van der Waals surface area (Å²) in [5.41, 5.74) is 0.484. The van der Waals surface area contributed by atoms with Crippen LogP contribution in [-0.4, -0.2) is 75.5 Å². The first-order chi connectivity index (χ1) is 17.3. The summed E-state index contributed by atoms with van der Waals surface area (Å²) >= 11 is 5.89. The van der Waals surface area contributed by atoms with E-state index in [-0.39, 0.29) is 28.7 Å². The monoisotopic (exact) mass is 516 g/mol. The summed E-state index contributed by atoms with van der Waals surface area (Å²) in [5.74, 6) is -1.94. The normalized spacial score (nSPS) is 18.7. The molecule has 0 bridgehead atoms. The van der Waals surface area contributed by atoms with Crippen molar-refractivity contribution in [2.24, 2.45) is 0 Å². The SMILES string of the molecule is O=C1c2c(c3n(c(=O)c2O)CCCCN(CCN2CCCC2)C3=O)CCN1Cc1ccc(F)c(Cl)c1. The summed E-state index contributed by atoms with van der Waals surface area (Å²) in [5, 5.41) is 10.8. The molecule has 1 saturated heterocycles. The van der Waals surface area contributed by atoms with Crippen molar-refractivity contribution in [2.45, 2.75) is 45.2 Å². The number of carbonyl (C=O) groups is 2. The molecule has 1 fully saturated rings. The van der Waals surface area contributed by atoms with Gasteiger partial charge < -0.3 is 24.4 Å².